The summed E-state index contributed by atoms with van der Waals surface area (Å²) in [5.74, 6) is 2.30. The van der Waals surface area contributed by atoms with Gasteiger partial charge in [-0.15, -0.1) is 0 Å². The zero-order valence-electron chi connectivity index (χ0n) is 15.0. The SMILES string of the molecule is C=Cc1cc2c(cc1F)OCCn1cc(-c3nc(C)nn3C(C)C)nc1-2. The van der Waals surface area contributed by atoms with Gasteiger partial charge in [0.15, 0.2) is 5.82 Å². The molecule has 3 heterocycles. The standard InChI is InChI=1S/C19H20FN5O/c1-5-13-8-14-17(9-15(13)20)26-7-6-24-10-16(22-18(14)24)19-21-12(4)23-25(19)11(2)3/h5,8-11H,1,6-7H2,2-4H3. The lowest BCUT2D eigenvalue weighted by molar-refractivity contribution is 0.305. The maximum absolute atomic E-state index is 14.1. The van der Waals surface area contributed by atoms with Crippen LogP contribution in [0.5, 0.6) is 5.75 Å². The minimum Gasteiger partial charge on any atom is -0.491 e. The van der Waals surface area contributed by atoms with Crippen molar-refractivity contribution in [2.24, 2.45) is 0 Å². The molecule has 4 rings (SSSR count). The highest BCUT2D eigenvalue weighted by Crippen LogP contribution is 2.36. The zero-order chi connectivity index (χ0) is 18.4. The molecule has 0 aliphatic carbocycles. The monoisotopic (exact) mass is 353 g/mol. The van der Waals surface area contributed by atoms with Crippen LogP contribution in [0.25, 0.3) is 29.0 Å². The van der Waals surface area contributed by atoms with Crippen LogP contribution < -0.4 is 4.74 Å². The van der Waals surface area contributed by atoms with Gasteiger partial charge < -0.3 is 9.30 Å². The van der Waals surface area contributed by atoms with Crippen molar-refractivity contribution in [2.75, 3.05) is 6.61 Å². The van der Waals surface area contributed by atoms with Gasteiger partial charge in [-0.05, 0) is 26.8 Å². The second-order valence-electron chi connectivity index (χ2n) is 6.59. The van der Waals surface area contributed by atoms with Crippen molar-refractivity contribution in [1.29, 1.82) is 0 Å². The van der Waals surface area contributed by atoms with Gasteiger partial charge in [0.2, 0.25) is 0 Å². The fourth-order valence-corrected chi connectivity index (χ4v) is 3.15. The van der Waals surface area contributed by atoms with E-state index in [0.717, 1.165) is 22.9 Å². The Balaban J connectivity index is 1.89. The first-order valence-corrected chi connectivity index (χ1v) is 8.57. The van der Waals surface area contributed by atoms with Crippen LogP contribution in [0.15, 0.2) is 24.9 Å². The van der Waals surface area contributed by atoms with E-state index in [1.54, 1.807) is 6.07 Å². The Hall–Kier alpha value is -2.96. The molecule has 0 bridgehead atoms. The predicted molar refractivity (Wildman–Crippen MR) is 97.3 cm³/mol. The summed E-state index contributed by atoms with van der Waals surface area (Å²) in [4.78, 5) is 9.33. The minimum atomic E-state index is -0.353. The number of fused-ring (bicyclic) bond motifs is 3. The van der Waals surface area contributed by atoms with Crippen LogP contribution in [0.4, 0.5) is 4.39 Å². The molecule has 0 fully saturated rings. The average Bonchev–Trinajstić information content (AvgIpc) is 3.15. The normalized spacial score (nSPS) is 13.1. The smallest absolute Gasteiger partial charge is 0.178 e. The Morgan fingerprint density at radius 2 is 2.08 bits per heavy atom. The highest BCUT2D eigenvalue weighted by Gasteiger charge is 2.23. The van der Waals surface area contributed by atoms with E-state index in [4.69, 9.17) is 9.72 Å². The molecule has 0 unspecified atom stereocenters. The highest BCUT2D eigenvalue weighted by atomic mass is 19.1. The van der Waals surface area contributed by atoms with Gasteiger partial charge in [-0.2, -0.15) is 5.10 Å². The number of hydrogen-bond acceptors (Lipinski definition) is 4. The van der Waals surface area contributed by atoms with E-state index in [0.29, 0.717) is 30.3 Å². The number of hydrogen-bond donors (Lipinski definition) is 0. The van der Waals surface area contributed by atoms with E-state index < -0.39 is 0 Å². The topological polar surface area (TPSA) is 57.8 Å². The lowest BCUT2D eigenvalue weighted by atomic mass is 10.1. The number of aromatic nitrogens is 5. The third kappa shape index (κ3) is 2.60. The van der Waals surface area contributed by atoms with Gasteiger partial charge in [0.1, 0.15) is 35.5 Å². The summed E-state index contributed by atoms with van der Waals surface area (Å²) >= 11 is 0. The molecular formula is C19H20FN5O. The summed E-state index contributed by atoms with van der Waals surface area (Å²) in [6, 6.07) is 3.30. The van der Waals surface area contributed by atoms with E-state index in [1.807, 2.05) is 22.4 Å². The first-order valence-electron chi connectivity index (χ1n) is 8.57. The van der Waals surface area contributed by atoms with E-state index in [9.17, 15) is 4.39 Å². The Morgan fingerprint density at radius 3 is 2.81 bits per heavy atom. The lowest BCUT2D eigenvalue weighted by Crippen LogP contribution is -2.06. The maximum Gasteiger partial charge on any atom is 0.178 e. The molecule has 0 atom stereocenters. The molecule has 0 radical (unpaired) electrons. The summed E-state index contributed by atoms with van der Waals surface area (Å²) in [7, 11) is 0. The Kier molecular flexibility index (Phi) is 3.86. The minimum absolute atomic E-state index is 0.171. The molecule has 0 N–H and O–H groups in total. The number of halogens is 1. The fraction of sp³-hybridized carbons (Fsp3) is 0.316. The average molecular weight is 353 g/mol. The van der Waals surface area contributed by atoms with Crippen LogP contribution in [0.3, 0.4) is 0 Å². The van der Waals surface area contributed by atoms with Gasteiger partial charge in [0, 0.05) is 23.9 Å². The molecule has 6 nitrogen and oxygen atoms in total. The largest absolute Gasteiger partial charge is 0.491 e. The number of benzene rings is 1. The van der Waals surface area contributed by atoms with Gasteiger partial charge >= 0.3 is 0 Å². The van der Waals surface area contributed by atoms with Gasteiger partial charge in [-0.1, -0.05) is 12.7 Å². The third-order valence-corrected chi connectivity index (χ3v) is 4.38. The van der Waals surface area contributed by atoms with Crippen molar-refractivity contribution < 1.29 is 9.13 Å². The Bertz CT molecular complexity index is 1000. The van der Waals surface area contributed by atoms with E-state index >= 15 is 0 Å². The van der Waals surface area contributed by atoms with Gasteiger partial charge in [-0.25, -0.2) is 19.0 Å². The van der Waals surface area contributed by atoms with Crippen molar-refractivity contribution in [2.45, 2.75) is 33.4 Å². The summed E-state index contributed by atoms with van der Waals surface area (Å²) in [6.07, 6.45) is 3.44. The molecule has 0 amide bonds. The number of imidazole rings is 1. The molecule has 7 heteroatoms. The highest BCUT2D eigenvalue weighted by molar-refractivity contribution is 5.71. The maximum atomic E-state index is 14.1. The molecule has 1 aromatic carbocycles. The van der Waals surface area contributed by atoms with E-state index in [-0.39, 0.29) is 11.9 Å². The predicted octanol–water partition coefficient (Wildman–Crippen LogP) is 3.87. The molecule has 3 aromatic rings. The van der Waals surface area contributed by atoms with Crippen LogP contribution in [0.2, 0.25) is 0 Å². The van der Waals surface area contributed by atoms with Gasteiger partial charge in [0.25, 0.3) is 0 Å². The van der Waals surface area contributed by atoms with Crippen molar-refractivity contribution in [3.05, 3.63) is 42.1 Å². The van der Waals surface area contributed by atoms with Crippen LogP contribution in [0.1, 0.15) is 31.3 Å². The van der Waals surface area contributed by atoms with Crippen LogP contribution in [0, 0.1) is 12.7 Å². The molecule has 1 aliphatic heterocycles. The van der Waals surface area contributed by atoms with Crippen LogP contribution in [-0.2, 0) is 6.54 Å². The third-order valence-electron chi connectivity index (χ3n) is 4.38. The molecule has 0 spiro atoms. The Morgan fingerprint density at radius 1 is 1.27 bits per heavy atom. The first kappa shape index (κ1) is 16.5. The molecule has 1 aliphatic rings. The molecule has 26 heavy (non-hydrogen) atoms. The molecule has 2 aromatic heterocycles. The second-order valence-corrected chi connectivity index (χ2v) is 6.59. The van der Waals surface area contributed by atoms with Crippen molar-refractivity contribution >= 4 is 6.08 Å². The zero-order valence-corrected chi connectivity index (χ0v) is 15.0. The number of nitrogens with zero attached hydrogens (tertiary/aromatic N) is 5. The van der Waals surface area contributed by atoms with Gasteiger partial charge in [0.05, 0.1) is 12.1 Å². The number of rotatable bonds is 3. The molecule has 134 valence electrons. The summed E-state index contributed by atoms with van der Waals surface area (Å²) in [5, 5.41) is 4.46. The quantitative estimate of drug-likeness (QED) is 0.717. The number of aryl methyl sites for hydroxylation is 1. The molecule has 0 saturated heterocycles. The summed E-state index contributed by atoms with van der Waals surface area (Å²) < 4.78 is 23.7. The van der Waals surface area contributed by atoms with Gasteiger partial charge in [-0.3, -0.25) is 0 Å². The number of ether oxygens (including phenoxy) is 1. The summed E-state index contributed by atoms with van der Waals surface area (Å²) in [5.41, 5.74) is 1.91. The second kappa shape index (κ2) is 6.09. The first-order chi connectivity index (χ1) is 12.5. The van der Waals surface area contributed by atoms with Crippen molar-refractivity contribution in [3.8, 4) is 28.7 Å². The van der Waals surface area contributed by atoms with E-state index in [1.165, 1.54) is 12.1 Å². The van der Waals surface area contributed by atoms with E-state index in [2.05, 4.69) is 30.5 Å². The van der Waals surface area contributed by atoms with Crippen LogP contribution >= 0.6 is 0 Å². The molecule has 0 saturated carbocycles. The lowest BCUT2D eigenvalue weighted by Gasteiger charge is -2.09. The molecular weight excluding hydrogens is 333 g/mol. The summed E-state index contributed by atoms with van der Waals surface area (Å²) in [6.45, 7) is 10.7. The van der Waals surface area contributed by atoms with Crippen molar-refractivity contribution in [3.63, 3.8) is 0 Å². The van der Waals surface area contributed by atoms with Crippen molar-refractivity contribution in [1.82, 2.24) is 24.3 Å². The fourth-order valence-electron chi connectivity index (χ4n) is 3.15. The van der Waals surface area contributed by atoms with Crippen LogP contribution in [-0.4, -0.2) is 30.9 Å². The Labute approximate surface area is 151 Å².